The number of hydrogen-bond donors (Lipinski definition) is 2. The van der Waals surface area contributed by atoms with Crippen molar-refractivity contribution in [2.45, 2.75) is 19.1 Å². The van der Waals surface area contributed by atoms with Gasteiger partial charge in [-0.05, 0) is 24.1 Å². The van der Waals surface area contributed by atoms with Gasteiger partial charge in [-0.3, -0.25) is 5.84 Å². The normalized spacial score (nSPS) is 13.9. The van der Waals surface area contributed by atoms with Crippen molar-refractivity contribution in [3.63, 3.8) is 0 Å². The van der Waals surface area contributed by atoms with Gasteiger partial charge in [-0.2, -0.15) is 0 Å². The van der Waals surface area contributed by atoms with Crippen LogP contribution < -0.4 is 11.3 Å². The van der Waals surface area contributed by atoms with E-state index in [2.05, 4.69) is 5.43 Å². The van der Waals surface area contributed by atoms with E-state index in [0.29, 0.717) is 16.7 Å². The molecule has 2 rings (SSSR count). The average Bonchev–Trinajstić information content (AvgIpc) is 2.52. The number of rotatable bonds is 6. The number of halogens is 2. The minimum Gasteiger partial charge on any atom is -0.372 e. The van der Waals surface area contributed by atoms with E-state index in [1.165, 1.54) is 0 Å². The topological polar surface area (TPSA) is 47.3 Å². The maximum Gasteiger partial charge on any atom is 0.103 e. The van der Waals surface area contributed by atoms with Gasteiger partial charge in [0.2, 0.25) is 0 Å². The van der Waals surface area contributed by atoms with Gasteiger partial charge in [0, 0.05) is 6.61 Å². The summed E-state index contributed by atoms with van der Waals surface area (Å²) in [6, 6.07) is 15.1. The van der Waals surface area contributed by atoms with Gasteiger partial charge in [0.15, 0.2) is 0 Å². The lowest BCUT2D eigenvalue weighted by atomic mass is 9.96. The summed E-state index contributed by atoms with van der Waals surface area (Å²) in [5.74, 6) is 5.76. The Labute approximate surface area is 135 Å². The molecular weight excluding hydrogens is 307 g/mol. The summed E-state index contributed by atoms with van der Waals surface area (Å²) in [6.45, 7) is 2.51. The molecule has 0 spiro atoms. The van der Waals surface area contributed by atoms with Gasteiger partial charge in [-0.25, -0.2) is 5.43 Å². The van der Waals surface area contributed by atoms with Crippen LogP contribution in [0.1, 0.15) is 30.2 Å². The highest BCUT2D eigenvalue weighted by molar-refractivity contribution is 6.42. The minimum absolute atomic E-state index is 0.253. The zero-order valence-electron chi connectivity index (χ0n) is 11.7. The highest BCUT2D eigenvalue weighted by atomic mass is 35.5. The van der Waals surface area contributed by atoms with Crippen molar-refractivity contribution in [2.24, 2.45) is 5.84 Å². The molecular formula is C16H18Cl2N2O. The Bertz CT molecular complexity index is 578. The molecule has 0 aliphatic carbocycles. The lowest BCUT2D eigenvalue weighted by Gasteiger charge is -2.28. The van der Waals surface area contributed by atoms with Crippen molar-refractivity contribution in [3.05, 3.63) is 69.7 Å². The monoisotopic (exact) mass is 324 g/mol. The first kappa shape index (κ1) is 16.3. The van der Waals surface area contributed by atoms with Crippen molar-refractivity contribution >= 4 is 23.2 Å². The zero-order valence-corrected chi connectivity index (χ0v) is 13.2. The Balaban J connectivity index is 2.43. The van der Waals surface area contributed by atoms with Gasteiger partial charge in [-0.15, -0.1) is 0 Å². The third-order valence-electron chi connectivity index (χ3n) is 3.27. The summed E-state index contributed by atoms with van der Waals surface area (Å²) < 4.78 is 5.89. The van der Waals surface area contributed by atoms with Gasteiger partial charge >= 0.3 is 0 Å². The molecule has 3 nitrogen and oxygen atoms in total. The van der Waals surface area contributed by atoms with E-state index in [0.717, 1.165) is 11.1 Å². The molecule has 5 heteroatoms. The maximum absolute atomic E-state index is 6.32. The molecule has 0 radical (unpaired) electrons. The Kier molecular flexibility index (Phi) is 6.03. The first-order valence-electron chi connectivity index (χ1n) is 6.75. The number of hydrazine groups is 1. The van der Waals surface area contributed by atoms with Crippen molar-refractivity contribution in [2.75, 3.05) is 6.61 Å². The Hall–Kier alpha value is -1.10. The third-order valence-corrected chi connectivity index (χ3v) is 4.11. The van der Waals surface area contributed by atoms with Crippen LogP contribution >= 0.6 is 23.2 Å². The SMILES string of the molecule is CCOC(c1ccccc1)C(NN)c1cccc(Cl)c1Cl. The molecule has 2 aromatic carbocycles. The number of nitrogens with one attached hydrogen (secondary N) is 1. The predicted octanol–water partition coefficient (Wildman–Crippen LogP) is 4.28. The van der Waals surface area contributed by atoms with E-state index in [1.807, 2.05) is 49.4 Å². The van der Waals surface area contributed by atoms with Crippen molar-refractivity contribution in [1.82, 2.24) is 5.43 Å². The van der Waals surface area contributed by atoms with Crippen LogP contribution in [0, 0.1) is 0 Å². The summed E-state index contributed by atoms with van der Waals surface area (Å²) in [5.41, 5.74) is 4.64. The molecule has 21 heavy (non-hydrogen) atoms. The molecule has 0 saturated heterocycles. The quantitative estimate of drug-likeness (QED) is 0.616. The van der Waals surface area contributed by atoms with Crippen molar-refractivity contribution in [3.8, 4) is 0 Å². The molecule has 0 saturated carbocycles. The average molecular weight is 325 g/mol. The molecule has 2 atom stereocenters. The fourth-order valence-corrected chi connectivity index (χ4v) is 2.73. The molecule has 2 aromatic rings. The molecule has 0 aliphatic rings. The molecule has 3 N–H and O–H groups in total. The molecule has 0 heterocycles. The van der Waals surface area contributed by atoms with Crippen LogP contribution in [0.2, 0.25) is 10.0 Å². The van der Waals surface area contributed by atoms with Crippen LogP contribution in [0.4, 0.5) is 0 Å². The summed E-state index contributed by atoms with van der Waals surface area (Å²) in [4.78, 5) is 0. The van der Waals surface area contributed by atoms with E-state index >= 15 is 0 Å². The first-order chi connectivity index (χ1) is 10.2. The number of ether oxygens (including phenoxy) is 1. The van der Waals surface area contributed by atoms with Gasteiger partial charge < -0.3 is 4.74 Å². The number of benzene rings is 2. The largest absolute Gasteiger partial charge is 0.372 e. The Morgan fingerprint density at radius 2 is 1.81 bits per heavy atom. The second-order valence-electron chi connectivity index (χ2n) is 4.57. The first-order valence-corrected chi connectivity index (χ1v) is 7.51. The molecule has 0 aliphatic heterocycles. The second kappa shape index (κ2) is 7.78. The number of hydrogen-bond acceptors (Lipinski definition) is 3. The molecule has 0 fully saturated rings. The van der Waals surface area contributed by atoms with Crippen LogP contribution in [-0.2, 0) is 4.74 Å². The smallest absolute Gasteiger partial charge is 0.103 e. The van der Waals surface area contributed by atoms with Gasteiger partial charge in [-0.1, -0.05) is 65.7 Å². The van der Waals surface area contributed by atoms with Crippen LogP contribution in [0.25, 0.3) is 0 Å². The van der Waals surface area contributed by atoms with Crippen LogP contribution in [0.3, 0.4) is 0 Å². The highest BCUT2D eigenvalue weighted by Gasteiger charge is 2.26. The van der Waals surface area contributed by atoms with E-state index in [9.17, 15) is 0 Å². The summed E-state index contributed by atoms with van der Waals surface area (Å²) in [5, 5.41) is 0.987. The van der Waals surface area contributed by atoms with Crippen LogP contribution in [0.15, 0.2) is 48.5 Å². The molecule has 0 amide bonds. The van der Waals surface area contributed by atoms with E-state index in [1.54, 1.807) is 6.07 Å². The molecule has 0 bridgehead atoms. The standard InChI is InChI=1S/C16H18Cl2N2O/c1-2-21-16(11-7-4-3-5-8-11)15(20-19)12-9-6-10-13(17)14(12)18/h3-10,15-16,20H,2,19H2,1H3. The lowest BCUT2D eigenvalue weighted by molar-refractivity contribution is 0.0327. The van der Waals surface area contributed by atoms with Gasteiger partial charge in [0.25, 0.3) is 0 Å². The second-order valence-corrected chi connectivity index (χ2v) is 5.36. The van der Waals surface area contributed by atoms with E-state index in [-0.39, 0.29) is 12.1 Å². The zero-order chi connectivity index (χ0) is 15.2. The minimum atomic E-state index is -0.293. The van der Waals surface area contributed by atoms with Crippen molar-refractivity contribution < 1.29 is 4.74 Å². The Morgan fingerprint density at radius 3 is 2.43 bits per heavy atom. The summed E-state index contributed by atoms with van der Waals surface area (Å²) >= 11 is 12.4. The van der Waals surface area contributed by atoms with E-state index in [4.69, 9.17) is 33.8 Å². The predicted molar refractivity (Wildman–Crippen MR) is 87.3 cm³/mol. The molecule has 112 valence electrons. The molecule has 0 aromatic heterocycles. The lowest BCUT2D eigenvalue weighted by Crippen LogP contribution is -2.34. The maximum atomic E-state index is 6.32. The fraction of sp³-hybridized carbons (Fsp3) is 0.250. The number of nitrogens with two attached hydrogens (primary N) is 1. The van der Waals surface area contributed by atoms with E-state index < -0.39 is 0 Å². The van der Waals surface area contributed by atoms with Gasteiger partial charge in [0.1, 0.15) is 6.10 Å². The highest BCUT2D eigenvalue weighted by Crippen LogP contribution is 2.37. The summed E-state index contributed by atoms with van der Waals surface area (Å²) in [6.07, 6.45) is -0.253. The summed E-state index contributed by atoms with van der Waals surface area (Å²) in [7, 11) is 0. The third kappa shape index (κ3) is 3.76. The van der Waals surface area contributed by atoms with Crippen molar-refractivity contribution in [1.29, 1.82) is 0 Å². The fourth-order valence-electron chi connectivity index (χ4n) is 2.31. The van der Waals surface area contributed by atoms with Crippen LogP contribution in [0.5, 0.6) is 0 Å². The Morgan fingerprint density at radius 1 is 1.10 bits per heavy atom. The van der Waals surface area contributed by atoms with Crippen LogP contribution in [-0.4, -0.2) is 6.61 Å². The van der Waals surface area contributed by atoms with Gasteiger partial charge in [0.05, 0.1) is 16.1 Å². The molecule has 2 unspecified atom stereocenters.